The van der Waals surface area contributed by atoms with Crippen molar-refractivity contribution in [1.29, 1.82) is 0 Å². The zero-order valence-electron chi connectivity index (χ0n) is 9.93. The molecule has 1 fully saturated rings. The first-order chi connectivity index (χ1) is 8.11. The van der Waals surface area contributed by atoms with Gasteiger partial charge < -0.3 is 15.1 Å². The lowest BCUT2D eigenvalue weighted by molar-refractivity contribution is 0.0970. The largest absolute Gasteiger partial charge is 0.393 e. The average Bonchev–Trinajstić information content (AvgIpc) is 2.32. The fourth-order valence-corrected chi connectivity index (χ4v) is 2.54. The molecular weight excluding hydrogens is 238 g/mol. The van der Waals surface area contributed by atoms with Crippen LogP contribution < -0.4 is 4.90 Å². The van der Waals surface area contributed by atoms with E-state index in [2.05, 4.69) is 4.90 Å². The van der Waals surface area contributed by atoms with Crippen LogP contribution in [0.5, 0.6) is 0 Å². The second-order valence-corrected chi connectivity index (χ2v) is 5.15. The Morgan fingerprint density at radius 1 is 1.47 bits per heavy atom. The van der Waals surface area contributed by atoms with E-state index in [1.54, 1.807) is 6.07 Å². The molecule has 94 valence electrons. The van der Waals surface area contributed by atoms with Crippen molar-refractivity contribution in [3.63, 3.8) is 0 Å². The van der Waals surface area contributed by atoms with Gasteiger partial charge >= 0.3 is 0 Å². The highest BCUT2D eigenvalue weighted by atomic mass is 35.5. The van der Waals surface area contributed by atoms with Crippen LogP contribution in [0.15, 0.2) is 18.2 Å². The van der Waals surface area contributed by atoms with Crippen LogP contribution >= 0.6 is 11.6 Å². The van der Waals surface area contributed by atoms with Crippen LogP contribution in [-0.2, 0) is 6.61 Å². The number of anilines is 1. The molecule has 2 N–H and O–H groups in total. The number of aliphatic hydroxyl groups excluding tert-OH is 2. The van der Waals surface area contributed by atoms with Gasteiger partial charge in [-0.15, -0.1) is 0 Å². The second kappa shape index (κ2) is 5.25. The van der Waals surface area contributed by atoms with Gasteiger partial charge in [0.2, 0.25) is 0 Å². The third kappa shape index (κ3) is 2.73. The summed E-state index contributed by atoms with van der Waals surface area (Å²) in [7, 11) is 0. The molecule has 2 atom stereocenters. The predicted octanol–water partition coefficient (Wildman–Crippen LogP) is 2.04. The molecule has 0 amide bonds. The first kappa shape index (κ1) is 12.7. The van der Waals surface area contributed by atoms with E-state index in [9.17, 15) is 10.2 Å². The minimum atomic E-state index is -0.212. The maximum absolute atomic E-state index is 9.72. The van der Waals surface area contributed by atoms with Gasteiger partial charge in [0.15, 0.2) is 0 Å². The molecule has 0 bridgehead atoms. The van der Waals surface area contributed by atoms with Gasteiger partial charge in [0.25, 0.3) is 0 Å². The van der Waals surface area contributed by atoms with Gasteiger partial charge in [0.05, 0.1) is 12.7 Å². The molecule has 0 radical (unpaired) electrons. The lowest BCUT2D eigenvalue weighted by atomic mass is 9.96. The van der Waals surface area contributed by atoms with Crippen molar-refractivity contribution in [3.05, 3.63) is 28.8 Å². The fourth-order valence-electron chi connectivity index (χ4n) is 2.34. The predicted molar refractivity (Wildman–Crippen MR) is 69.4 cm³/mol. The average molecular weight is 256 g/mol. The van der Waals surface area contributed by atoms with E-state index < -0.39 is 0 Å². The minimum absolute atomic E-state index is 0.0106. The maximum atomic E-state index is 9.72. The molecule has 1 heterocycles. The third-order valence-corrected chi connectivity index (χ3v) is 3.65. The highest BCUT2D eigenvalue weighted by Crippen LogP contribution is 2.28. The summed E-state index contributed by atoms with van der Waals surface area (Å²) in [5, 5.41) is 19.7. The number of hydrogen-bond acceptors (Lipinski definition) is 3. The van der Waals surface area contributed by atoms with Crippen LogP contribution in [-0.4, -0.2) is 29.4 Å². The standard InChI is InChI=1S/C13H18ClNO2/c1-9-7-15(5-4-13(9)17)12-3-2-11(14)6-10(12)8-16/h2-3,6,9,13,16-17H,4-5,7-8H2,1H3. The smallest absolute Gasteiger partial charge is 0.0702 e. The van der Waals surface area contributed by atoms with Crippen LogP contribution in [0.2, 0.25) is 5.02 Å². The zero-order chi connectivity index (χ0) is 12.4. The summed E-state index contributed by atoms with van der Waals surface area (Å²) in [5.41, 5.74) is 1.87. The summed E-state index contributed by atoms with van der Waals surface area (Å²) in [6, 6.07) is 5.58. The van der Waals surface area contributed by atoms with Gasteiger partial charge in [-0.05, 0) is 30.5 Å². The molecule has 1 saturated heterocycles. The van der Waals surface area contributed by atoms with Crippen LogP contribution in [0.25, 0.3) is 0 Å². The maximum Gasteiger partial charge on any atom is 0.0702 e. The summed E-state index contributed by atoms with van der Waals surface area (Å²) in [6.07, 6.45) is 0.561. The van der Waals surface area contributed by atoms with E-state index in [4.69, 9.17) is 11.6 Å². The highest BCUT2D eigenvalue weighted by molar-refractivity contribution is 6.30. The van der Waals surface area contributed by atoms with Gasteiger partial charge in [0, 0.05) is 29.4 Å². The number of hydrogen-bond donors (Lipinski definition) is 2. The SMILES string of the molecule is CC1CN(c2ccc(Cl)cc2CO)CCC1O. The van der Waals surface area contributed by atoms with Gasteiger partial charge in [-0.2, -0.15) is 0 Å². The molecule has 0 saturated carbocycles. The van der Waals surface area contributed by atoms with Crippen molar-refractivity contribution in [2.45, 2.75) is 26.1 Å². The molecule has 4 heteroatoms. The van der Waals surface area contributed by atoms with Crippen molar-refractivity contribution >= 4 is 17.3 Å². The van der Waals surface area contributed by atoms with E-state index in [-0.39, 0.29) is 18.6 Å². The molecule has 2 unspecified atom stereocenters. The van der Waals surface area contributed by atoms with Crippen LogP contribution in [0.3, 0.4) is 0 Å². The molecule has 3 nitrogen and oxygen atoms in total. The van der Waals surface area contributed by atoms with E-state index in [0.29, 0.717) is 5.02 Å². The van der Waals surface area contributed by atoms with Crippen molar-refractivity contribution in [3.8, 4) is 0 Å². The summed E-state index contributed by atoms with van der Waals surface area (Å²) in [5.74, 6) is 0.256. The first-order valence-corrected chi connectivity index (χ1v) is 6.32. The van der Waals surface area contributed by atoms with Gasteiger partial charge in [-0.3, -0.25) is 0 Å². The van der Waals surface area contributed by atoms with Gasteiger partial charge in [0.1, 0.15) is 0 Å². The molecule has 0 aliphatic carbocycles. The molecule has 17 heavy (non-hydrogen) atoms. The summed E-state index contributed by atoms with van der Waals surface area (Å²) >= 11 is 5.92. The van der Waals surface area contributed by atoms with E-state index in [1.807, 2.05) is 19.1 Å². The Morgan fingerprint density at radius 3 is 2.88 bits per heavy atom. The summed E-state index contributed by atoms with van der Waals surface area (Å²) in [4.78, 5) is 2.21. The Bertz CT molecular complexity index is 397. The van der Waals surface area contributed by atoms with E-state index in [0.717, 1.165) is 30.8 Å². The monoisotopic (exact) mass is 255 g/mol. The van der Waals surface area contributed by atoms with Crippen LogP contribution in [0.4, 0.5) is 5.69 Å². The zero-order valence-corrected chi connectivity index (χ0v) is 10.7. The Hall–Kier alpha value is -0.770. The molecule has 0 aromatic heterocycles. The number of aliphatic hydroxyl groups is 2. The summed E-state index contributed by atoms with van der Waals surface area (Å²) < 4.78 is 0. The van der Waals surface area contributed by atoms with Crippen molar-refractivity contribution in [2.24, 2.45) is 5.92 Å². The molecule has 0 spiro atoms. The normalized spacial score (nSPS) is 25.1. The highest BCUT2D eigenvalue weighted by Gasteiger charge is 2.25. The van der Waals surface area contributed by atoms with Crippen molar-refractivity contribution in [1.82, 2.24) is 0 Å². The van der Waals surface area contributed by atoms with Crippen LogP contribution in [0, 0.1) is 5.92 Å². The lowest BCUT2D eigenvalue weighted by Gasteiger charge is -2.36. The molecule has 1 aliphatic heterocycles. The quantitative estimate of drug-likeness (QED) is 0.850. The third-order valence-electron chi connectivity index (χ3n) is 3.41. The summed E-state index contributed by atoms with van der Waals surface area (Å²) in [6.45, 7) is 3.67. The molecule has 1 aliphatic rings. The van der Waals surface area contributed by atoms with E-state index in [1.165, 1.54) is 0 Å². The number of halogens is 1. The van der Waals surface area contributed by atoms with E-state index >= 15 is 0 Å². The molecular formula is C13H18ClNO2. The Morgan fingerprint density at radius 2 is 2.24 bits per heavy atom. The Balaban J connectivity index is 2.22. The van der Waals surface area contributed by atoms with Crippen LogP contribution in [0.1, 0.15) is 18.9 Å². The number of nitrogens with zero attached hydrogens (tertiary/aromatic N) is 1. The Kier molecular flexibility index (Phi) is 3.92. The number of piperidine rings is 1. The minimum Gasteiger partial charge on any atom is -0.393 e. The fraction of sp³-hybridized carbons (Fsp3) is 0.538. The number of benzene rings is 1. The second-order valence-electron chi connectivity index (χ2n) is 4.71. The van der Waals surface area contributed by atoms with Crippen molar-refractivity contribution < 1.29 is 10.2 Å². The van der Waals surface area contributed by atoms with Gasteiger partial charge in [-0.25, -0.2) is 0 Å². The topological polar surface area (TPSA) is 43.7 Å². The molecule has 2 rings (SSSR count). The van der Waals surface area contributed by atoms with Gasteiger partial charge in [-0.1, -0.05) is 18.5 Å². The Labute approximate surface area is 107 Å². The number of rotatable bonds is 2. The van der Waals surface area contributed by atoms with Crippen molar-refractivity contribution in [2.75, 3.05) is 18.0 Å². The molecule has 1 aromatic rings. The first-order valence-electron chi connectivity index (χ1n) is 5.94. The lowest BCUT2D eigenvalue weighted by Crippen LogP contribution is -2.42. The molecule has 1 aromatic carbocycles.